The number of unbranched alkanes of at least 4 members (excludes halogenated alkanes) is 1. The van der Waals surface area contributed by atoms with Gasteiger partial charge in [-0.3, -0.25) is 4.79 Å². The molecular weight excluding hydrogens is 374 g/mol. The molecule has 0 bridgehead atoms. The Morgan fingerprint density at radius 3 is 2.50 bits per heavy atom. The third kappa shape index (κ3) is 7.18. The van der Waals surface area contributed by atoms with Gasteiger partial charge in [0.15, 0.2) is 9.84 Å². The number of carbonyl (C=O) groups excluding carboxylic acids is 1. The summed E-state index contributed by atoms with van der Waals surface area (Å²) in [5.41, 5.74) is 1.16. The number of carbonyl (C=O) groups is 1. The van der Waals surface area contributed by atoms with Crippen LogP contribution in [0.2, 0.25) is 0 Å². The second kappa shape index (κ2) is 10.9. The highest BCUT2D eigenvalue weighted by atomic mass is 32.2. The van der Waals surface area contributed by atoms with Gasteiger partial charge in [-0.25, -0.2) is 8.42 Å². The molecule has 1 aromatic carbocycles. The van der Waals surface area contributed by atoms with E-state index in [9.17, 15) is 13.2 Å². The van der Waals surface area contributed by atoms with E-state index in [2.05, 4.69) is 24.1 Å². The Bertz CT molecular complexity index is 719. The lowest BCUT2D eigenvalue weighted by molar-refractivity contribution is -0.131. The lowest BCUT2D eigenvalue weighted by atomic mass is 10.1. The molecule has 1 atom stereocenters. The summed E-state index contributed by atoms with van der Waals surface area (Å²) >= 11 is 0. The van der Waals surface area contributed by atoms with Crippen LogP contribution in [0.3, 0.4) is 0 Å². The number of piperazine rings is 1. The van der Waals surface area contributed by atoms with Gasteiger partial charge in [-0.1, -0.05) is 19.1 Å². The van der Waals surface area contributed by atoms with Crippen LogP contribution in [0.5, 0.6) is 0 Å². The van der Waals surface area contributed by atoms with Crippen molar-refractivity contribution in [2.45, 2.75) is 50.5 Å². The first-order chi connectivity index (χ1) is 13.3. The summed E-state index contributed by atoms with van der Waals surface area (Å²) in [6, 6.07) is 7.64. The molecule has 28 heavy (non-hydrogen) atoms. The van der Waals surface area contributed by atoms with Gasteiger partial charge in [0.25, 0.3) is 0 Å². The molecule has 7 heteroatoms. The van der Waals surface area contributed by atoms with Crippen molar-refractivity contribution in [2.24, 2.45) is 0 Å². The standard InChI is InChI=1S/C21H35N3O3S/c1-4-12-23(13-5-6-14-24-15-11-22-17-21(24)25)18(2)16-19-7-9-20(10-8-19)28(3,26)27/h7-10,18,22H,4-6,11-17H2,1-3H3. The number of amides is 1. The monoisotopic (exact) mass is 409 g/mol. The topological polar surface area (TPSA) is 69.7 Å². The maximum Gasteiger partial charge on any atom is 0.236 e. The van der Waals surface area contributed by atoms with E-state index >= 15 is 0 Å². The molecule has 1 aliphatic heterocycles. The van der Waals surface area contributed by atoms with Crippen LogP contribution in [0.4, 0.5) is 0 Å². The minimum absolute atomic E-state index is 0.211. The zero-order valence-corrected chi connectivity index (χ0v) is 18.3. The third-order valence-electron chi connectivity index (χ3n) is 5.33. The zero-order chi connectivity index (χ0) is 20.6. The largest absolute Gasteiger partial charge is 0.340 e. The van der Waals surface area contributed by atoms with Gasteiger partial charge in [0.05, 0.1) is 11.4 Å². The molecule has 158 valence electrons. The maximum absolute atomic E-state index is 11.8. The molecule has 1 amide bonds. The van der Waals surface area contributed by atoms with E-state index < -0.39 is 9.84 Å². The number of hydrogen-bond donors (Lipinski definition) is 1. The average Bonchev–Trinajstić information content (AvgIpc) is 2.65. The summed E-state index contributed by atoms with van der Waals surface area (Å²) in [6.45, 7) is 9.53. The van der Waals surface area contributed by atoms with Crippen molar-refractivity contribution in [3.05, 3.63) is 29.8 Å². The first-order valence-electron chi connectivity index (χ1n) is 10.3. The van der Waals surface area contributed by atoms with Crippen LogP contribution in [0.25, 0.3) is 0 Å². The number of hydrogen-bond acceptors (Lipinski definition) is 5. The molecule has 1 saturated heterocycles. The van der Waals surface area contributed by atoms with Crippen molar-refractivity contribution in [3.63, 3.8) is 0 Å². The number of benzene rings is 1. The van der Waals surface area contributed by atoms with Crippen molar-refractivity contribution in [1.29, 1.82) is 0 Å². The summed E-state index contributed by atoms with van der Waals surface area (Å²) in [7, 11) is -3.14. The molecule has 1 N–H and O–H groups in total. The molecule has 0 aliphatic carbocycles. The van der Waals surface area contributed by atoms with Gasteiger partial charge in [-0.05, 0) is 63.4 Å². The van der Waals surface area contributed by atoms with E-state index in [-0.39, 0.29) is 5.91 Å². The molecule has 6 nitrogen and oxygen atoms in total. The van der Waals surface area contributed by atoms with Crippen molar-refractivity contribution < 1.29 is 13.2 Å². The number of nitrogens with one attached hydrogen (secondary N) is 1. The quantitative estimate of drug-likeness (QED) is 0.566. The average molecular weight is 410 g/mol. The molecule has 0 aromatic heterocycles. The van der Waals surface area contributed by atoms with E-state index in [1.165, 1.54) is 6.26 Å². The van der Waals surface area contributed by atoms with E-state index in [1.54, 1.807) is 12.1 Å². The van der Waals surface area contributed by atoms with E-state index in [0.29, 0.717) is 17.5 Å². The second-order valence-corrected chi connectivity index (χ2v) is 9.79. The Labute approximate surface area is 170 Å². The van der Waals surface area contributed by atoms with E-state index in [1.807, 2.05) is 17.0 Å². The van der Waals surface area contributed by atoms with Crippen LogP contribution in [0, 0.1) is 0 Å². The van der Waals surface area contributed by atoms with Crippen LogP contribution < -0.4 is 5.32 Å². The highest BCUT2D eigenvalue weighted by molar-refractivity contribution is 7.90. The minimum atomic E-state index is -3.14. The Morgan fingerprint density at radius 1 is 1.18 bits per heavy atom. The molecule has 2 rings (SSSR count). The summed E-state index contributed by atoms with van der Waals surface area (Å²) in [5.74, 6) is 0.211. The van der Waals surface area contributed by atoms with Gasteiger partial charge in [0.1, 0.15) is 0 Å². The number of nitrogens with zero attached hydrogens (tertiary/aromatic N) is 2. The van der Waals surface area contributed by atoms with Crippen molar-refractivity contribution in [3.8, 4) is 0 Å². The normalized spacial score (nSPS) is 16.6. The molecule has 0 saturated carbocycles. The van der Waals surface area contributed by atoms with Crippen LogP contribution in [0.15, 0.2) is 29.2 Å². The second-order valence-electron chi connectivity index (χ2n) is 7.77. The summed E-state index contributed by atoms with van der Waals surface area (Å²) < 4.78 is 23.2. The van der Waals surface area contributed by atoms with Crippen LogP contribution in [-0.2, 0) is 21.1 Å². The van der Waals surface area contributed by atoms with Gasteiger partial charge in [-0.2, -0.15) is 0 Å². The summed E-state index contributed by atoms with van der Waals surface area (Å²) in [6.07, 6.45) is 5.35. The van der Waals surface area contributed by atoms with Gasteiger partial charge in [-0.15, -0.1) is 0 Å². The zero-order valence-electron chi connectivity index (χ0n) is 17.5. The number of sulfone groups is 1. The molecule has 1 heterocycles. The van der Waals surface area contributed by atoms with Crippen LogP contribution in [0.1, 0.15) is 38.7 Å². The van der Waals surface area contributed by atoms with Crippen LogP contribution in [-0.4, -0.2) is 75.7 Å². The predicted octanol–water partition coefficient (Wildman–Crippen LogP) is 1.95. The first-order valence-corrected chi connectivity index (χ1v) is 12.2. The molecule has 1 unspecified atom stereocenters. The summed E-state index contributed by atoms with van der Waals surface area (Å²) in [4.78, 5) is 16.7. The molecular formula is C21H35N3O3S. The van der Waals surface area contributed by atoms with Crippen LogP contribution >= 0.6 is 0 Å². The Morgan fingerprint density at radius 2 is 1.89 bits per heavy atom. The molecule has 0 spiro atoms. The highest BCUT2D eigenvalue weighted by Gasteiger charge is 2.18. The third-order valence-corrected chi connectivity index (χ3v) is 6.46. The molecule has 0 radical (unpaired) electrons. The smallest absolute Gasteiger partial charge is 0.236 e. The maximum atomic E-state index is 11.8. The number of rotatable bonds is 11. The van der Waals surface area contributed by atoms with Crippen molar-refractivity contribution in [2.75, 3.05) is 45.5 Å². The Kier molecular flexibility index (Phi) is 8.92. The Balaban J connectivity index is 1.81. The molecule has 1 aromatic rings. The first kappa shape index (κ1) is 22.8. The van der Waals surface area contributed by atoms with Gasteiger partial charge >= 0.3 is 0 Å². The van der Waals surface area contributed by atoms with Crippen molar-refractivity contribution >= 4 is 15.7 Å². The highest BCUT2D eigenvalue weighted by Crippen LogP contribution is 2.15. The molecule has 1 fully saturated rings. The van der Waals surface area contributed by atoms with Gasteiger partial charge in [0.2, 0.25) is 5.91 Å². The SMILES string of the molecule is CCCN(CCCCN1CCNCC1=O)C(C)Cc1ccc(S(C)(=O)=O)cc1. The summed E-state index contributed by atoms with van der Waals surface area (Å²) in [5, 5.41) is 3.11. The van der Waals surface area contributed by atoms with Crippen molar-refractivity contribution in [1.82, 2.24) is 15.1 Å². The fourth-order valence-electron chi connectivity index (χ4n) is 3.68. The minimum Gasteiger partial charge on any atom is -0.340 e. The van der Waals surface area contributed by atoms with Gasteiger partial charge < -0.3 is 15.1 Å². The predicted molar refractivity (Wildman–Crippen MR) is 113 cm³/mol. The Hall–Kier alpha value is -1.44. The van der Waals surface area contributed by atoms with E-state index in [0.717, 1.165) is 64.0 Å². The lowest BCUT2D eigenvalue weighted by Crippen LogP contribution is -2.48. The lowest BCUT2D eigenvalue weighted by Gasteiger charge is -2.30. The fraction of sp³-hybridized carbons (Fsp3) is 0.667. The molecule has 1 aliphatic rings. The fourth-order valence-corrected chi connectivity index (χ4v) is 4.31. The van der Waals surface area contributed by atoms with E-state index in [4.69, 9.17) is 0 Å². The van der Waals surface area contributed by atoms with Gasteiger partial charge in [0, 0.05) is 31.9 Å².